The molecule has 0 unspecified atom stereocenters. The van der Waals surface area contributed by atoms with E-state index in [4.69, 9.17) is 11.6 Å². The van der Waals surface area contributed by atoms with Gasteiger partial charge in [0.2, 0.25) is 5.28 Å². The summed E-state index contributed by atoms with van der Waals surface area (Å²) in [5.41, 5.74) is 0.966. The summed E-state index contributed by atoms with van der Waals surface area (Å²) in [6.07, 6.45) is 0.983. The molecule has 0 fully saturated rings. The fourth-order valence-corrected chi connectivity index (χ4v) is 3.34. The van der Waals surface area contributed by atoms with Gasteiger partial charge in [-0.2, -0.15) is 4.98 Å². The molecule has 0 aliphatic heterocycles. The Labute approximate surface area is 134 Å². The maximum Gasteiger partial charge on any atom is 0.225 e. The number of aromatic nitrogens is 2. The normalized spacial score (nSPS) is 10.9. The van der Waals surface area contributed by atoms with Crippen molar-refractivity contribution in [1.82, 2.24) is 9.97 Å². The average molecular weight is 369 g/mol. The Morgan fingerprint density at radius 2 is 2.00 bits per heavy atom. The number of nitrogens with zero attached hydrogens (tertiary/aromatic N) is 2. The van der Waals surface area contributed by atoms with Crippen molar-refractivity contribution in [3.63, 3.8) is 0 Å². The summed E-state index contributed by atoms with van der Waals surface area (Å²) in [5.74, 6) is 0.748. The number of hydrogen-bond donors (Lipinski definition) is 1. The van der Waals surface area contributed by atoms with E-state index in [9.17, 15) is 0 Å². The van der Waals surface area contributed by atoms with Gasteiger partial charge in [-0.25, -0.2) is 4.98 Å². The number of benzene rings is 1. The van der Waals surface area contributed by atoms with E-state index < -0.39 is 0 Å². The van der Waals surface area contributed by atoms with Crippen LogP contribution in [0.15, 0.2) is 34.8 Å². The highest BCUT2D eigenvalue weighted by atomic mass is 79.9. The lowest BCUT2D eigenvalue weighted by Gasteiger charge is -2.07. The number of aryl methyl sites for hydroxylation is 1. The van der Waals surface area contributed by atoms with Crippen LogP contribution in [0.25, 0.3) is 10.2 Å². The van der Waals surface area contributed by atoms with Crippen molar-refractivity contribution in [3.05, 3.63) is 45.0 Å². The molecule has 0 aliphatic carbocycles. The van der Waals surface area contributed by atoms with E-state index in [1.54, 1.807) is 11.3 Å². The van der Waals surface area contributed by atoms with Crippen molar-refractivity contribution in [2.75, 3.05) is 5.32 Å². The van der Waals surface area contributed by atoms with Crippen molar-refractivity contribution in [2.45, 2.75) is 13.3 Å². The highest BCUT2D eigenvalue weighted by molar-refractivity contribution is 9.10. The molecule has 0 saturated heterocycles. The monoisotopic (exact) mass is 367 g/mol. The SMILES string of the molecule is CCc1cc2c(Nc3ccc(Br)cc3)nc(Cl)nc2s1. The molecular weight excluding hydrogens is 358 g/mol. The number of anilines is 2. The number of fused-ring (bicyclic) bond motifs is 1. The largest absolute Gasteiger partial charge is 0.340 e. The first-order chi connectivity index (χ1) is 9.65. The Morgan fingerprint density at radius 3 is 2.70 bits per heavy atom. The lowest BCUT2D eigenvalue weighted by Crippen LogP contribution is -1.95. The second kappa shape index (κ2) is 5.68. The molecule has 0 aliphatic rings. The van der Waals surface area contributed by atoms with Crippen LogP contribution in [0.5, 0.6) is 0 Å². The van der Waals surface area contributed by atoms with Gasteiger partial charge < -0.3 is 5.32 Å². The molecule has 6 heteroatoms. The van der Waals surface area contributed by atoms with E-state index in [0.717, 1.165) is 32.6 Å². The topological polar surface area (TPSA) is 37.8 Å². The van der Waals surface area contributed by atoms with Crippen LogP contribution in [0.2, 0.25) is 5.28 Å². The molecule has 0 atom stereocenters. The first kappa shape index (κ1) is 13.8. The molecule has 0 spiro atoms. The first-order valence-corrected chi connectivity index (χ1v) is 8.13. The van der Waals surface area contributed by atoms with Crippen LogP contribution in [0.1, 0.15) is 11.8 Å². The molecular formula is C14H11BrClN3S. The minimum absolute atomic E-state index is 0.265. The third-order valence-corrected chi connectivity index (χ3v) is 4.74. The Bertz CT molecular complexity index is 755. The van der Waals surface area contributed by atoms with Crippen LogP contribution in [0, 0.1) is 0 Å². The molecule has 3 nitrogen and oxygen atoms in total. The van der Waals surface area contributed by atoms with Crippen molar-refractivity contribution < 1.29 is 0 Å². The van der Waals surface area contributed by atoms with E-state index in [0.29, 0.717) is 0 Å². The predicted octanol–water partition coefficient (Wildman–Crippen LogP) is 5.41. The van der Waals surface area contributed by atoms with Gasteiger partial charge in [0.1, 0.15) is 10.6 Å². The molecule has 3 aromatic rings. The number of hydrogen-bond acceptors (Lipinski definition) is 4. The molecule has 20 heavy (non-hydrogen) atoms. The van der Waals surface area contributed by atoms with Crippen molar-refractivity contribution in [3.8, 4) is 0 Å². The maximum atomic E-state index is 6.00. The molecule has 102 valence electrons. The Balaban J connectivity index is 2.05. The van der Waals surface area contributed by atoms with E-state index >= 15 is 0 Å². The van der Waals surface area contributed by atoms with Crippen molar-refractivity contribution in [2.24, 2.45) is 0 Å². The maximum absolute atomic E-state index is 6.00. The Morgan fingerprint density at radius 1 is 1.25 bits per heavy atom. The second-order valence-corrected chi connectivity index (χ2v) is 6.63. The fraction of sp³-hybridized carbons (Fsp3) is 0.143. The molecule has 3 rings (SSSR count). The third kappa shape index (κ3) is 2.80. The zero-order valence-electron chi connectivity index (χ0n) is 10.7. The summed E-state index contributed by atoms with van der Waals surface area (Å²) in [6, 6.07) is 10.1. The molecule has 0 bridgehead atoms. The van der Waals surface area contributed by atoms with E-state index in [-0.39, 0.29) is 5.28 Å². The minimum atomic E-state index is 0.265. The van der Waals surface area contributed by atoms with Gasteiger partial charge in [0.15, 0.2) is 0 Å². The van der Waals surface area contributed by atoms with Gasteiger partial charge in [-0.3, -0.25) is 0 Å². The molecule has 0 saturated carbocycles. The van der Waals surface area contributed by atoms with Gasteiger partial charge in [0, 0.05) is 15.0 Å². The van der Waals surface area contributed by atoms with Crippen LogP contribution in [-0.2, 0) is 6.42 Å². The van der Waals surface area contributed by atoms with Crippen LogP contribution in [0.3, 0.4) is 0 Å². The molecule has 1 aromatic carbocycles. The van der Waals surface area contributed by atoms with Crippen molar-refractivity contribution >= 4 is 60.6 Å². The van der Waals surface area contributed by atoms with Gasteiger partial charge in [0.05, 0.1) is 5.39 Å². The number of rotatable bonds is 3. The predicted molar refractivity (Wildman–Crippen MR) is 89.2 cm³/mol. The number of nitrogens with one attached hydrogen (secondary N) is 1. The summed E-state index contributed by atoms with van der Waals surface area (Å²) in [7, 11) is 0. The van der Waals surface area contributed by atoms with Crippen LogP contribution in [-0.4, -0.2) is 9.97 Å². The zero-order valence-corrected chi connectivity index (χ0v) is 13.8. The third-order valence-electron chi connectivity index (χ3n) is 2.87. The summed E-state index contributed by atoms with van der Waals surface area (Å²) in [4.78, 5) is 10.8. The average Bonchev–Trinajstić information content (AvgIpc) is 2.84. The number of thiophene rings is 1. The van der Waals surface area contributed by atoms with Crippen LogP contribution in [0.4, 0.5) is 11.5 Å². The fourth-order valence-electron chi connectivity index (χ4n) is 1.88. The van der Waals surface area contributed by atoms with E-state index in [2.05, 4.69) is 44.2 Å². The summed E-state index contributed by atoms with van der Waals surface area (Å²) in [5, 5.41) is 4.58. The molecule has 0 radical (unpaired) electrons. The molecule has 1 N–H and O–H groups in total. The second-order valence-electron chi connectivity index (χ2n) is 4.26. The highest BCUT2D eigenvalue weighted by Gasteiger charge is 2.10. The standard InChI is InChI=1S/C14H11BrClN3S/c1-2-10-7-11-12(18-14(16)19-13(11)20-10)17-9-5-3-8(15)4-6-9/h3-7H,2H2,1H3,(H,17,18,19). The van der Waals surface area contributed by atoms with Gasteiger partial charge in [-0.15, -0.1) is 11.3 Å². The molecule has 2 heterocycles. The summed E-state index contributed by atoms with van der Waals surface area (Å²) in [6.45, 7) is 2.13. The van der Waals surface area contributed by atoms with Gasteiger partial charge in [-0.05, 0) is 48.4 Å². The molecule has 2 aromatic heterocycles. The summed E-state index contributed by atoms with van der Waals surface area (Å²) < 4.78 is 1.04. The molecule has 0 amide bonds. The lowest BCUT2D eigenvalue weighted by molar-refractivity contribution is 1.19. The van der Waals surface area contributed by atoms with Crippen LogP contribution >= 0.6 is 38.9 Å². The Hall–Kier alpha value is -1.17. The Kier molecular flexibility index (Phi) is 3.92. The summed E-state index contributed by atoms with van der Waals surface area (Å²) >= 11 is 11.1. The van der Waals surface area contributed by atoms with Gasteiger partial charge in [-0.1, -0.05) is 22.9 Å². The van der Waals surface area contributed by atoms with Gasteiger partial charge >= 0.3 is 0 Å². The zero-order chi connectivity index (χ0) is 14.1. The quantitative estimate of drug-likeness (QED) is 0.628. The van der Waals surface area contributed by atoms with Crippen molar-refractivity contribution in [1.29, 1.82) is 0 Å². The van der Waals surface area contributed by atoms with E-state index in [1.165, 1.54) is 4.88 Å². The lowest BCUT2D eigenvalue weighted by atomic mass is 10.3. The minimum Gasteiger partial charge on any atom is -0.340 e. The van der Waals surface area contributed by atoms with Crippen LogP contribution < -0.4 is 5.32 Å². The smallest absolute Gasteiger partial charge is 0.225 e. The highest BCUT2D eigenvalue weighted by Crippen LogP contribution is 2.32. The number of halogens is 2. The van der Waals surface area contributed by atoms with E-state index in [1.807, 2.05) is 24.3 Å². The first-order valence-electron chi connectivity index (χ1n) is 6.14. The van der Waals surface area contributed by atoms with Gasteiger partial charge in [0.25, 0.3) is 0 Å².